The van der Waals surface area contributed by atoms with Crippen molar-refractivity contribution in [3.05, 3.63) is 0 Å². The highest BCUT2D eigenvalue weighted by molar-refractivity contribution is 4.72. The van der Waals surface area contributed by atoms with Gasteiger partial charge in [-0.15, -0.1) is 0 Å². The molecule has 0 heterocycles. The summed E-state index contributed by atoms with van der Waals surface area (Å²) in [7, 11) is 0. The first-order valence-corrected chi connectivity index (χ1v) is 12.1. The molecule has 0 radical (unpaired) electrons. The third kappa shape index (κ3) is 14.0. The number of unbranched alkanes of at least 4 members (excludes halogenated alkanes) is 15. The maximum Gasteiger partial charge on any atom is 0.165 e. The Morgan fingerprint density at radius 2 is 0.962 bits per heavy atom. The quantitative estimate of drug-likeness (QED) is 0.197. The van der Waals surface area contributed by atoms with E-state index in [4.69, 9.17) is 4.74 Å². The van der Waals surface area contributed by atoms with Crippen LogP contribution in [-0.4, -0.2) is 17.5 Å². The molecule has 1 saturated carbocycles. The number of hydrogen-bond acceptors (Lipinski definition) is 2. The molecule has 1 aliphatic carbocycles. The average Bonchev–Trinajstić information content (AvgIpc) is 2.65. The second-order valence-electron chi connectivity index (χ2n) is 8.66. The van der Waals surface area contributed by atoms with Gasteiger partial charge in [0.25, 0.3) is 0 Å². The maximum absolute atomic E-state index is 10.3. The van der Waals surface area contributed by atoms with Gasteiger partial charge in [0.15, 0.2) is 5.79 Å². The normalized spacial score (nSPS) is 16.8. The third-order valence-corrected chi connectivity index (χ3v) is 6.00. The van der Waals surface area contributed by atoms with E-state index in [2.05, 4.69) is 6.92 Å². The lowest BCUT2D eigenvalue weighted by Gasteiger charge is -2.31. The summed E-state index contributed by atoms with van der Waals surface area (Å²) in [5.41, 5.74) is 0. The molecule has 2 nitrogen and oxygen atoms in total. The van der Waals surface area contributed by atoms with Crippen LogP contribution in [0.2, 0.25) is 0 Å². The van der Waals surface area contributed by atoms with E-state index in [0.29, 0.717) is 0 Å². The zero-order chi connectivity index (χ0) is 18.8. The molecule has 0 aliphatic heterocycles. The first-order chi connectivity index (χ1) is 12.8. The zero-order valence-electron chi connectivity index (χ0n) is 17.9. The van der Waals surface area contributed by atoms with Gasteiger partial charge in [-0.05, 0) is 19.3 Å². The number of hydrogen-bond donors (Lipinski definition) is 1. The van der Waals surface area contributed by atoms with Crippen LogP contribution in [0.1, 0.15) is 142 Å². The second kappa shape index (κ2) is 17.0. The lowest BCUT2D eigenvalue weighted by atomic mass is 9.94. The molecule has 0 aromatic carbocycles. The molecule has 0 aromatic heterocycles. The summed E-state index contributed by atoms with van der Waals surface area (Å²) in [6.45, 7) is 3.03. The minimum atomic E-state index is -0.784. The van der Waals surface area contributed by atoms with E-state index >= 15 is 0 Å². The van der Waals surface area contributed by atoms with E-state index in [-0.39, 0.29) is 0 Å². The zero-order valence-corrected chi connectivity index (χ0v) is 17.9. The molecule has 1 fully saturated rings. The monoisotopic (exact) mass is 368 g/mol. The van der Waals surface area contributed by atoms with Crippen molar-refractivity contribution in [2.24, 2.45) is 0 Å². The van der Waals surface area contributed by atoms with Crippen LogP contribution in [0.25, 0.3) is 0 Å². The smallest absolute Gasteiger partial charge is 0.165 e. The number of rotatable bonds is 18. The Kier molecular flexibility index (Phi) is 15.7. The molecule has 156 valence electrons. The van der Waals surface area contributed by atoms with Gasteiger partial charge >= 0.3 is 0 Å². The van der Waals surface area contributed by atoms with Crippen LogP contribution in [-0.2, 0) is 4.74 Å². The minimum absolute atomic E-state index is 0.745. The molecule has 0 bridgehead atoms. The molecule has 0 unspecified atom stereocenters. The summed E-state index contributed by atoms with van der Waals surface area (Å²) in [5.74, 6) is -0.784. The Bertz CT molecular complexity index is 284. The molecule has 0 amide bonds. The Morgan fingerprint density at radius 3 is 1.38 bits per heavy atom. The van der Waals surface area contributed by atoms with Crippen LogP contribution in [0.15, 0.2) is 0 Å². The molecular formula is C24H48O2. The Hall–Kier alpha value is -0.0800. The van der Waals surface area contributed by atoms with Crippen molar-refractivity contribution in [2.75, 3.05) is 6.61 Å². The first-order valence-electron chi connectivity index (χ1n) is 12.1. The summed E-state index contributed by atoms with van der Waals surface area (Å²) in [6.07, 6.45) is 27.5. The highest BCUT2D eigenvalue weighted by atomic mass is 16.6. The average molecular weight is 369 g/mol. The molecule has 2 heteroatoms. The Morgan fingerprint density at radius 1 is 0.577 bits per heavy atom. The van der Waals surface area contributed by atoms with Crippen molar-refractivity contribution in [1.29, 1.82) is 0 Å². The predicted octanol–water partition coefficient (Wildman–Crippen LogP) is 7.92. The first kappa shape index (κ1) is 24.0. The molecule has 1 rings (SSSR count). The predicted molar refractivity (Wildman–Crippen MR) is 114 cm³/mol. The molecule has 26 heavy (non-hydrogen) atoms. The highest BCUT2D eigenvalue weighted by Crippen LogP contribution is 2.29. The highest BCUT2D eigenvalue weighted by Gasteiger charge is 2.29. The van der Waals surface area contributed by atoms with Crippen LogP contribution in [0, 0.1) is 0 Å². The molecular weight excluding hydrogens is 320 g/mol. The van der Waals surface area contributed by atoms with E-state index in [1.807, 2.05) is 0 Å². The molecule has 0 spiro atoms. The van der Waals surface area contributed by atoms with Crippen LogP contribution in [0.3, 0.4) is 0 Å². The summed E-state index contributed by atoms with van der Waals surface area (Å²) in [5, 5.41) is 10.3. The van der Waals surface area contributed by atoms with Crippen molar-refractivity contribution < 1.29 is 9.84 Å². The van der Waals surface area contributed by atoms with Gasteiger partial charge in [-0.3, -0.25) is 0 Å². The van der Waals surface area contributed by atoms with Crippen LogP contribution < -0.4 is 0 Å². The van der Waals surface area contributed by atoms with Gasteiger partial charge in [0, 0.05) is 12.8 Å². The van der Waals surface area contributed by atoms with Crippen molar-refractivity contribution in [1.82, 2.24) is 0 Å². The fourth-order valence-electron chi connectivity index (χ4n) is 4.16. The van der Waals surface area contributed by atoms with Crippen molar-refractivity contribution in [3.8, 4) is 0 Å². The molecule has 0 atom stereocenters. The van der Waals surface area contributed by atoms with Gasteiger partial charge in [-0.25, -0.2) is 0 Å². The van der Waals surface area contributed by atoms with E-state index in [9.17, 15) is 5.11 Å². The fraction of sp³-hybridized carbons (Fsp3) is 1.00. The summed E-state index contributed by atoms with van der Waals surface area (Å²) < 4.78 is 5.75. The lowest BCUT2D eigenvalue weighted by molar-refractivity contribution is -0.220. The van der Waals surface area contributed by atoms with Crippen molar-refractivity contribution in [2.45, 2.75) is 148 Å². The molecule has 1 N–H and O–H groups in total. The van der Waals surface area contributed by atoms with E-state index in [1.54, 1.807) is 0 Å². The minimum Gasteiger partial charge on any atom is -0.365 e. The standard InChI is InChI=1S/C24H48O2/c1-2-3-4-5-6-7-8-9-10-11-12-13-14-15-16-20-23-26-24(25)21-18-17-19-22-24/h25H,2-23H2,1H3. The van der Waals surface area contributed by atoms with Gasteiger partial charge in [0.05, 0.1) is 6.61 Å². The number of ether oxygens (including phenoxy) is 1. The maximum atomic E-state index is 10.3. The lowest BCUT2D eigenvalue weighted by Crippen LogP contribution is -2.34. The second-order valence-corrected chi connectivity index (χ2v) is 8.66. The molecule has 0 saturated heterocycles. The van der Waals surface area contributed by atoms with E-state index in [0.717, 1.165) is 38.7 Å². The van der Waals surface area contributed by atoms with Gasteiger partial charge in [0.1, 0.15) is 0 Å². The largest absolute Gasteiger partial charge is 0.365 e. The van der Waals surface area contributed by atoms with E-state index < -0.39 is 5.79 Å². The van der Waals surface area contributed by atoms with E-state index in [1.165, 1.54) is 103 Å². The summed E-state index contributed by atoms with van der Waals surface area (Å²) in [4.78, 5) is 0. The molecule has 1 aliphatic rings. The SMILES string of the molecule is CCCCCCCCCCCCCCCCCCOC1(O)CCCCC1. The topological polar surface area (TPSA) is 29.5 Å². The summed E-state index contributed by atoms with van der Waals surface area (Å²) in [6, 6.07) is 0. The van der Waals surface area contributed by atoms with Gasteiger partial charge in [0.2, 0.25) is 0 Å². The third-order valence-electron chi connectivity index (χ3n) is 6.00. The van der Waals surface area contributed by atoms with Crippen molar-refractivity contribution in [3.63, 3.8) is 0 Å². The van der Waals surface area contributed by atoms with Gasteiger partial charge < -0.3 is 9.84 Å². The fourth-order valence-corrected chi connectivity index (χ4v) is 4.16. The van der Waals surface area contributed by atoms with Gasteiger partial charge in [-0.2, -0.15) is 0 Å². The summed E-state index contributed by atoms with van der Waals surface area (Å²) >= 11 is 0. The van der Waals surface area contributed by atoms with Crippen LogP contribution in [0.4, 0.5) is 0 Å². The van der Waals surface area contributed by atoms with Crippen LogP contribution in [0.5, 0.6) is 0 Å². The Labute approximate surface area is 164 Å². The number of aliphatic hydroxyl groups is 1. The Balaban J connectivity index is 1.71. The van der Waals surface area contributed by atoms with Crippen molar-refractivity contribution >= 4 is 0 Å². The molecule has 0 aromatic rings. The van der Waals surface area contributed by atoms with Crippen LogP contribution >= 0.6 is 0 Å². The van der Waals surface area contributed by atoms with Gasteiger partial charge in [-0.1, -0.05) is 110 Å².